The molecule has 6 heteroatoms. The minimum atomic E-state index is -0.983. The largest absolute Gasteiger partial charge is 0.480 e. The third-order valence-electron chi connectivity index (χ3n) is 5.85. The summed E-state index contributed by atoms with van der Waals surface area (Å²) in [4.78, 5) is 38.8. The molecule has 0 radical (unpaired) electrons. The predicted octanol–water partition coefficient (Wildman–Crippen LogP) is 1.35. The van der Waals surface area contributed by atoms with Crippen molar-refractivity contribution in [3.8, 4) is 0 Å². The summed E-state index contributed by atoms with van der Waals surface area (Å²) in [5.74, 6) is 0.623. The molecule has 6 nitrogen and oxygen atoms in total. The van der Waals surface area contributed by atoms with Crippen LogP contribution in [0.1, 0.15) is 45.4 Å². The number of carbonyl (C=O) groups excluding carboxylic acids is 2. The van der Waals surface area contributed by atoms with E-state index in [1.807, 2.05) is 4.90 Å². The molecule has 1 N–H and O–H groups in total. The molecule has 3 aliphatic rings. The molecule has 0 aromatic rings. The Bertz CT molecular complexity index is 497. The summed E-state index contributed by atoms with van der Waals surface area (Å²) in [7, 11) is 0. The molecule has 128 valence electrons. The van der Waals surface area contributed by atoms with Crippen LogP contribution in [0, 0.1) is 17.8 Å². The first-order chi connectivity index (χ1) is 11.0. The van der Waals surface area contributed by atoms with Crippen molar-refractivity contribution < 1.29 is 19.5 Å². The predicted molar refractivity (Wildman–Crippen MR) is 83.6 cm³/mol. The van der Waals surface area contributed by atoms with Gasteiger partial charge in [-0.3, -0.25) is 14.4 Å². The van der Waals surface area contributed by atoms with Gasteiger partial charge >= 0.3 is 5.97 Å². The lowest BCUT2D eigenvalue weighted by molar-refractivity contribution is -0.145. The summed E-state index contributed by atoms with van der Waals surface area (Å²) in [6.45, 7) is 2.55. The first-order valence-electron chi connectivity index (χ1n) is 8.77. The third kappa shape index (κ3) is 3.35. The fourth-order valence-corrected chi connectivity index (χ4v) is 4.65. The topological polar surface area (TPSA) is 77.9 Å². The lowest BCUT2D eigenvalue weighted by Crippen LogP contribution is -2.43. The summed E-state index contributed by atoms with van der Waals surface area (Å²) in [5, 5.41) is 8.99. The van der Waals surface area contributed by atoms with Crippen molar-refractivity contribution in [1.29, 1.82) is 0 Å². The SMILES string of the molecule is CC(=O)N(CC(=O)O)C1CCCN(C(=O)C2C3CCCC32)CC1. The van der Waals surface area contributed by atoms with Crippen LogP contribution in [0.2, 0.25) is 0 Å². The highest BCUT2D eigenvalue weighted by atomic mass is 16.4. The Morgan fingerprint density at radius 1 is 1.04 bits per heavy atom. The Hall–Kier alpha value is -1.59. The molecular formula is C17H26N2O4. The summed E-state index contributed by atoms with van der Waals surface area (Å²) < 4.78 is 0. The second-order valence-corrected chi connectivity index (χ2v) is 7.24. The second-order valence-electron chi connectivity index (χ2n) is 7.24. The van der Waals surface area contributed by atoms with E-state index >= 15 is 0 Å². The van der Waals surface area contributed by atoms with Crippen molar-refractivity contribution in [1.82, 2.24) is 9.80 Å². The van der Waals surface area contributed by atoms with E-state index in [9.17, 15) is 14.4 Å². The molecule has 1 heterocycles. The van der Waals surface area contributed by atoms with E-state index in [0.717, 1.165) is 19.4 Å². The van der Waals surface area contributed by atoms with E-state index in [4.69, 9.17) is 5.11 Å². The summed E-state index contributed by atoms with van der Waals surface area (Å²) in [6, 6.07) is -0.0693. The van der Waals surface area contributed by atoms with E-state index in [0.29, 0.717) is 30.7 Å². The number of carboxylic acid groups (broad SMARTS) is 1. The molecule has 0 aromatic heterocycles. The second kappa shape index (κ2) is 6.49. The molecule has 3 rings (SSSR count). The van der Waals surface area contributed by atoms with E-state index < -0.39 is 5.97 Å². The number of aliphatic carboxylic acids is 1. The van der Waals surface area contributed by atoms with Crippen molar-refractivity contribution in [3.63, 3.8) is 0 Å². The Labute approximate surface area is 136 Å². The molecule has 0 bridgehead atoms. The van der Waals surface area contributed by atoms with Gasteiger partial charge in [0, 0.05) is 32.0 Å². The Kier molecular flexibility index (Phi) is 4.60. The maximum atomic E-state index is 12.7. The fraction of sp³-hybridized carbons (Fsp3) is 0.824. The molecule has 0 spiro atoms. The molecule has 2 saturated carbocycles. The summed E-state index contributed by atoms with van der Waals surface area (Å²) >= 11 is 0. The number of rotatable bonds is 4. The van der Waals surface area contributed by atoms with Crippen LogP contribution in [0.25, 0.3) is 0 Å². The molecule has 1 aliphatic heterocycles. The number of carboxylic acids is 1. The number of amides is 2. The van der Waals surface area contributed by atoms with Gasteiger partial charge < -0.3 is 14.9 Å². The quantitative estimate of drug-likeness (QED) is 0.847. The summed E-state index contributed by atoms with van der Waals surface area (Å²) in [5.41, 5.74) is 0. The molecule has 23 heavy (non-hydrogen) atoms. The average Bonchev–Trinajstić information content (AvgIpc) is 3.09. The molecule has 1 saturated heterocycles. The van der Waals surface area contributed by atoms with Gasteiger partial charge in [0.1, 0.15) is 6.54 Å². The molecule has 2 amide bonds. The van der Waals surface area contributed by atoms with Crippen molar-refractivity contribution in [2.24, 2.45) is 17.8 Å². The van der Waals surface area contributed by atoms with E-state index in [1.165, 1.54) is 31.1 Å². The van der Waals surface area contributed by atoms with Gasteiger partial charge in [-0.25, -0.2) is 0 Å². The maximum absolute atomic E-state index is 12.7. The van der Waals surface area contributed by atoms with E-state index in [-0.39, 0.29) is 24.4 Å². The number of nitrogens with zero attached hydrogens (tertiary/aromatic N) is 2. The smallest absolute Gasteiger partial charge is 0.323 e. The van der Waals surface area contributed by atoms with E-state index in [1.54, 1.807) is 0 Å². The molecular weight excluding hydrogens is 296 g/mol. The van der Waals surface area contributed by atoms with Crippen molar-refractivity contribution in [3.05, 3.63) is 0 Å². The summed E-state index contributed by atoms with van der Waals surface area (Å²) in [6.07, 6.45) is 5.96. The molecule has 0 aromatic carbocycles. The average molecular weight is 322 g/mol. The molecule has 3 unspecified atom stereocenters. The fourth-order valence-electron chi connectivity index (χ4n) is 4.65. The first kappa shape index (κ1) is 16.3. The Morgan fingerprint density at radius 2 is 1.74 bits per heavy atom. The number of carbonyl (C=O) groups is 3. The van der Waals surface area contributed by atoms with Gasteiger partial charge in [0.25, 0.3) is 0 Å². The minimum absolute atomic E-state index is 0.0693. The highest BCUT2D eigenvalue weighted by molar-refractivity contribution is 5.83. The molecule has 2 aliphatic carbocycles. The van der Waals surface area contributed by atoms with Gasteiger partial charge in [-0.05, 0) is 43.9 Å². The monoisotopic (exact) mass is 322 g/mol. The highest BCUT2D eigenvalue weighted by Crippen LogP contribution is 2.58. The number of fused-ring (bicyclic) bond motifs is 1. The zero-order valence-corrected chi connectivity index (χ0v) is 13.7. The lowest BCUT2D eigenvalue weighted by atomic mass is 10.1. The van der Waals surface area contributed by atoms with Gasteiger partial charge in [0.05, 0.1) is 0 Å². The van der Waals surface area contributed by atoms with Gasteiger partial charge in [-0.2, -0.15) is 0 Å². The Morgan fingerprint density at radius 3 is 2.35 bits per heavy atom. The van der Waals surface area contributed by atoms with Gasteiger partial charge in [-0.1, -0.05) is 6.42 Å². The van der Waals surface area contributed by atoms with Gasteiger partial charge in [0.2, 0.25) is 11.8 Å². The van der Waals surface area contributed by atoms with Gasteiger partial charge in [0.15, 0.2) is 0 Å². The Balaban J connectivity index is 1.57. The number of hydrogen-bond donors (Lipinski definition) is 1. The van der Waals surface area contributed by atoms with Crippen molar-refractivity contribution in [2.45, 2.75) is 51.5 Å². The minimum Gasteiger partial charge on any atom is -0.480 e. The number of likely N-dealkylation sites (tertiary alicyclic amines) is 1. The van der Waals surface area contributed by atoms with Crippen molar-refractivity contribution in [2.75, 3.05) is 19.6 Å². The van der Waals surface area contributed by atoms with Crippen LogP contribution in [0.4, 0.5) is 0 Å². The van der Waals surface area contributed by atoms with Crippen LogP contribution in [-0.4, -0.2) is 58.4 Å². The van der Waals surface area contributed by atoms with Gasteiger partial charge in [-0.15, -0.1) is 0 Å². The molecule has 3 fully saturated rings. The highest BCUT2D eigenvalue weighted by Gasteiger charge is 2.57. The maximum Gasteiger partial charge on any atom is 0.323 e. The standard InChI is InChI=1S/C17H26N2O4/c1-11(20)19(10-15(21)22)12-4-3-8-18(9-7-12)17(23)16-13-5-2-6-14(13)16/h12-14,16H,2-10H2,1H3,(H,21,22). The van der Waals surface area contributed by atoms with Crippen molar-refractivity contribution >= 4 is 17.8 Å². The lowest BCUT2D eigenvalue weighted by Gasteiger charge is -2.29. The number of hydrogen-bond acceptors (Lipinski definition) is 3. The van der Waals surface area contributed by atoms with Crippen LogP contribution < -0.4 is 0 Å². The van der Waals surface area contributed by atoms with Crippen LogP contribution in [0.15, 0.2) is 0 Å². The molecule has 3 atom stereocenters. The zero-order chi connectivity index (χ0) is 16.6. The third-order valence-corrected chi connectivity index (χ3v) is 5.85. The zero-order valence-electron chi connectivity index (χ0n) is 13.7. The first-order valence-corrected chi connectivity index (χ1v) is 8.77. The van der Waals surface area contributed by atoms with Crippen LogP contribution in [-0.2, 0) is 14.4 Å². The van der Waals surface area contributed by atoms with E-state index in [2.05, 4.69) is 0 Å². The van der Waals surface area contributed by atoms with Crippen LogP contribution in [0.5, 0.6) is 0 Å². The van der Waals surface area contributed by atoms with Crippen LogP contribution >= 0.6 is 0 Å². The van der Waals surface area contributed by atoms with Crippen LogP contribution in [0.3, 0.4) is 0 Å². The normalized spacial score (nSPS) is 32.8.